The number of aromatic nitrogens is 1. The molecule has 0 aliphatic rings. The molecule has 0 aliphatic heterocycles. The number of alkyl halides is 3. The highest BCUT2D eigenvalue weighted by Gasteiger charge is 2.29. The number of halogens is 3. The number of hydrogen-bond donors (Lipinski definition) is 1. The third-order valence-electron chi connectivity index (χ3n) is 2.34. The van der Waals surface area contributed by atoms with Gasteiger partial charge in [0, 0.05) is 11.9 Å². The summed E-state index contributed by atoms with van der Waals surface area (Å²) in [6.07, 6.45) is -4.28. The van der Waals surface area contributed by atoms with Gasteiger partial charge in [0.05, 0.1) is 11.3 Å². The Hall–Kier alpha value is -1.56. The molecule has 0 unspecified atom stereocenters. The van der Waals surface area contributed by atoms with Crippen molar-refractivity contribution in [3.05, 3.63) is 46.5 Å². The summed E-state index contributed by atoms with van der Waals surface area (Å²) in [5.74, 6) is 0. The van der Waals surface area contributed by atoms with E-state index in [9.17, 15) is 13.2 Å². The first kappa shape index (κ1) is 12.9. The van der Waals surface area contributed by atoms with Gasteiger partial charge in [-0.3, -0.25) is 0 Å². The first-order valence-corrected chi connectivity index (χ1v) is 6.15. The van der Waals surface area contributed by atoms with Gasteiger partial charge in [-0.1, -0.05) is 12.1 Å². The van der Waals surface area contributed by atoms with Gasteiger partial charge in [-0.25, -0.2) is 4.98 Å². The number of anilines is 1. The first-order valence-electron chi connectivity index (χ1n) is 5.27. The van der Waals surface area contributed by atoms with Crippen molar-refractivity contribution in [2.24, 2.45) is 0 Å². The van der Waals surface area contributed by atoms with Crippen molar-refractivity contribution in [1.82, 2.24) is 4.98 Å². The van der Waals surface area contributed by atoms with E-state index in [1.807, 2.05) is 12.3 Å². The Labute approximate surface area is 106 Å². The molecule has 0 saturated heterocycles. The molecule has 0 radical (unpaired) electrons. The van der Waals surface area contributed by atoms with Crippen LogP contribution in [0.2, 0.25) is 0 Å². The molecule has 1 N–H and O–H groups in total. The molecule has 0 atom stereocenters. The van der Waals surface area contributed by atoms with Crippen LogP contribution >= 0.6 is 11.3 Å². The van der Waals surface area contributed by atoms with Crippen molar-refractivity contribution in [2.75, 3.05) is 5.32 Å². The summed E-state index contributed by atoms with van der Waals surface area (Å²) in [5, 5.41) is 5.75. The van der Waals surface area contributed by atoms with E-state index in [0.717, 1.165) is 28.5 Å². The lowest BCUT2D eigenvalue weighted by atomic mass is 10.1. The molecule has 1 aromatic carbocycles. The van der Waals surface area contributed by atoms with Crippen LogP contribution in [-0.4, -0.2) is 4.98 Å². The Bertz CT molecular complexity index is 517. The minimum atomic E-state index is -4.28. The molecular formula is C12H11F3N2S. The second-order valence-corrected chi connectivity index (χ2v) is 4.70. The van der Waals surface area contributed by atoms with E-state index in [4.69, 9.17) is 0 Å². The highest BCUT2D eigenvalue weighted by molar-refractivity contribution is 7.13. The largest absolute Gasteiger partial charge is 0.416 e. The zero-order valence-electron chi connectivity index (χ0n) is 9.58. The van der Waals surface area contributed by atoms with Crippen LogP contribution < -0.4 is 5.32 Å². The fourth-order valence-electron chi connectivity index (χ4n) is 1.42. The van der Waals surface area contributed by atoms with Gasteiger partial charge in [-0.05, 0) is 24.6 Å². The molecular weight excluding hydrogens is 261 g/mol. The van der Waals surface area contributed by atoms with Crippen molar-refractivity contribution < 1.29 is 13.2 Å². The van der Waals surface area contributed by atoms with Gasteiger partial charge >= 0.3 is 6.18 Å². The van der Waals surface area contributed by atoms with Crippen LogP contribution in [0.5, 0.6) is 0 Å². The van der Waals surface area contributed by atoms with E-state index in [0.29, 0.717) is 6.54 Å². The van der Waals surface area contributed by atoms with Crippen LogP contribution in [0.25, 0.3) is 0 Å². The molecule has 18 heavy (non-hydrogen) atoms. The van der Waals surface area contributed by atoms with Gasteiger partial charge in [-0.15, -0.1) is 11.3 Å². The number of aryl methyl sites for hydroxylation is 1. The molecule has 2 aromatic rings. The summed E-state index contributed by atoms with van der Waals surface area (Å²) in [6.45, 7) is 2.35. The quantitative estimate of drug-likeness (QED) is 0.910. The lowest BCUT2D eigenvalue weighted by Crippen LogP contribution is -2.05. The third-order valence-corrected chi connectivity index (χ3v) is 3.26. The second-order valence-electron chi connectivity index (χ2n) is 3.84. The maximum absolute atomic E-state index is 12.3. The molecule has 0 saturated carbocycles. The second kappa shape index (κ2) is 4.97. The zero-order chi connectivity index (χ0) is 13.2. The monoisotopic (exact) mass is 272 g/mol. The van der Waals surface area contributed by atoms with Crippen LogP contribution in [0, 0.1) is 6.92 Å². The highest BCUT2D eigenvalue weighted by Crippen LogP contribution is 2.29. The molecule has 96 valence electrons. The molecule has 2 rings (SSSR count). The third kappa shape index (κ3) is 3.22. The number of nitrogens with zero attached hydrogens (tertiary/aromatic N) is 1. The number of nitrogens with one attached hydrogen (secondary N) is 1. The first-order chi connectivity index (χ1) is 8.45. The van der Waals surface area contributed by atoms with Crippen molar-refractivity contribution in [1.29, 1.82) is 0 Å². The van der Waals surface area contributed by atoms with E-state index < -0.39 is 11.7 Å². The maximum atomic E-state index is 12.3. The van der Waals surface area contributed by atoms with E-state index in [-0.39, 0.29) is 0 Å². The van der Waals surface area contributed by atoms with Crippen LogP contribution in [0.4, 0.5) is 18.3 Å². The predicted molar refractivity (Wildman–Crippen MR) is 65.6 cm³/mol. The van der Waals surface area contributed by atoms with Gasteiger partial charge in [0.25, 0.3) is 0 Å². The molecule has 0 bridgehead atoms. The summed E-state index contributed by atoms with van der Waals surface area (Å²) in [7, 11) is 0. The van der Waals surface area contributed by atoms with Crippen molar-refractivity contribution in [3.63, 3.8) is 0 Å². The maximum Gasteiger partial charge on any atom is 0.416 e. The van der Waals surface area contributed by atoms with Crippen molar-refractivity contribution in [3.8, 4) is 0 Å². The molecule has 0 amide bonds. The average Bonchev–Trinajstić information content (AvgIpc) is 2.72. The number of thiazole rings is 1. The van der Waals surface area contributed by atoms with Crippen molar-refractivity contribution >= 4 is 16.5 Å². The molecule has 0 spiro atoms. The Balaban J connectivity index is 1.98. The minimum absolute atomic E-state index is 0.463. The number of benzene rings is 1. The van der Waals surface area contributed by atoms with Gasteiger partial charge in [0.1, 0.15) is 0 Å². The van der Waals surface area contributed by atoms with Gasteiger partial charge in [-0.2, -0.15) is 13.2 Å². The van der Waals surface area contributed by atoms with Crippen LogP contribution in [-0.2, 0) is 12.7 Å². The van der Waals surface area contributed by atoms with E-state index in [2.05, 4.69) is 10.3 Å². The SMILES string of the molecule is Cc1csc(NCc2ccc(C(F)(F)F)cc2)n1. The fourth-order valence-corrected chi connectivity index (χ4v) is 2.11. The van der Waals surface area contributed by atoms with Crippen LogP contribution in [0.15, 0.2) is 29.6 Å². The lowest BCUT2D eigenvalue weighted by Gasteiger charge is -2.07. The van der Waals surface area contributed by atoms with Gasteiger partial charge in [0.15, 0.2) is 5.13 Å². The summed E-state index contributed by atoms with van der Waals surface area (Å²) in [5.41, 5.74) is 1.09. The van der Waals surface area contributed by atoms with E-state index >= 15 is 0 Å². The molecule has 1 heterocycles. The van der Waals surface area contributed by atoms with Gasteiger partial charge < -0.3 is 5.32 Å². The predicted octanol–water partition coefficient (Wildman–Crippen LogP) is 4.08. The molecule has 1 aromatic heterocycles. The Morgan fingerprint density at radius 3 is 2.39 bits per heavy atom. The van der Waals surface area contributed by atoms with Crippen LogP contribution in [0.1, 0.15) is 16.8 Å². The number of hydrogen-bond acceptors (Lipinski definition) is 3. The van der Waals surface area contributed by atoms with Crippen LogP contribution in [0.3, 0.4) is 0 Å². The number of rotatable bonds is 3. The summed E-state index contributed by atoms with van der Waals surface area (Å²) in [6, 6.07) is 5.11. The minimum Gasteiger partial charge on any atom is -0.357 e. The smallest absolute Gasteiger partial charge is 0.357 e. The molecule has 6 heteroatoms. The highest BCUT2D eigenvalue weighted by atomic mass is 32.1. The summed E-state index contributed by atoms with van der Waals surface area (Å²) >= 11 is 1.47. The fraction of sp³-hybridized carbons (Fsp3) is 0.250. The normalized spacial score (nSPS) is 11.6. The zero-order valence-corrected chi connectivity index (χ0v) is 10.4. The summed E-state index contributed by atoms with van der Waals surface area (Å²) in [4.78, 5) is 4.21. The lowest BCUT2D eigenvalue weighted by molar-refractivity contribution is -0.137. The molecule has 0 aliphatic carbocycles. The topological polar surface area (TPSA) is 24.9 Å². The Morgan fingerprint density at radius 1 is 1.22 bits per heavy atom. The van der Waals surface area contributed by atoms with Crippen molar-refractivity contribution in [2.45, 2.75) is 19.6 Å². The summed E-state index contributed by atoms with van der Waals surface area (Å²) < 4.78 is 37.0. The average molecular weight is 272 g/mol. The van der Waals surface area contributed by atoms with Gasteiger partial charge in [0.2, 0.25) is 0 Å². The standard InChI is InChI=1S/C12H11F3N2S/c1-8-7-18-11(17-8)16-6-9-2-4-10(5-3-9)12(13,14)15/h2-5,7H,6H2,1H3,(H,16,17). The Kier molecular flexibility index (Phi) is 3.56. The van der Waals surface area contributed by atoms with E-state index in [1.54, 1.807) is 0 Å². The molecule has 2 nitrogen and oxygen atoms in total. The molecule has 0 fully saturated rings. The Morgan fingerprint density at radius 2 is 1.89 bits per heavy atom. The van der Waals surface area contributed by atoms with E-state index in [1.165, 1.54) is 23.5 Å².